The highest BCUT2D eigenvalue weighted by Gasteiger charge is 2.49. The first-order chi connectivity index (χ1) is 9.25. The highest BCUT2D eigenvalue weighted by atomic mass is 19.1. The zero-order valence-corrected chi connectivity index (χ0v) is 12.0. The summed E-state index contributed by atoms with van der Waals surface area (Å²) in [4.78, 5) is 14.2. The van der Waals surface area contributed by atoms with Crippen LogP contribution < -0.4 is 0 Å². The van der Waals surface area contributed by atoms with E-state index in [1.54, 1.807) is 12.1 Å². The van der Waals surface area contributed by atoms with Gasteiger partial charge in [0.1, 0.15) is 5.69 Å². The van der Waals surface area contributed by atoms with Gasteiger partial charge in [0.15, 0.2) is 12.1 Å². The molecule has 2 rings (SSSR count). The van der Waals surface area contributed by atoms with Crippen molar-refractivity contribution in [3.05, 3.63) is 35.3 Å². The average molecular weight is 277 g/mol. The molecule has 1 saturated heterocycles. The third-order valence-electron chi connectivity index (χ3n) is 3.72. The Labute approximate surface area is 118 Å². The Bertz CT molecular complexity index is 541. The average Bonchev–Trinajstić information content (AvgIpc) is 2.55. The van der Waals surface area contributed by atoms with Crippen LogP contribution in [0.15, 0.2) is 18.2 Å². The van der Waals surface area contributed by atoms with Crippen LogP contribution in [0.2, 0.25) is 0 Å². The van der Waals surface area contributed by atoms with Crippen LogP contribution in [0.25, 0.3) is 6.08 Å². The first-order valence-corrected chi connectivity index (χ1v) is 6.40. The molecule has 0 N–H and O–H groups in total. The summed E-state index contributed by atoms with van der Waals surface area (Å²) < 4.78 is 25.0. The van der Waals surface area contributed by atoms with Crippen molar-refractivity contribution in [3.63, 3.8) is 0 Å². The maximum atomic E-state index is 13.4. The summed E-state index contributed by atoms with van der Waals surface area (Å²) in [6, 6.07) is 1.25. The Morgan fingerprint density at radius 1 is 1.25 bits per heavy atom. The van der Waals surface area contributed by atoms with E-state index in [2.05, 4.69) is 4.98 Å². The summed E-state index contributed by atoms with van der Waals surface area (Å²) in [6.07, 6.45) is 3.47. The van der Waals surface area contributed by atoms with Gasteiger partial charge in [-0.25, -0.2) is 9.37 Å². The van der Waals surface area contributed by atoms with Crippen molar-refractivity contribution < 1.29 is 18.5 Å². The molecule has 0 aromatic carbocycles. The van der Waals surface area contributed by atoms with Crippen LogP contribution in [0.3, 0.4) is 0 Å². The minimum absolute atomic E-state index is 0.196. The molecule has 0 aliphatic carbocycles. The highest BCUT2D eigenvalue weighted by Crippen LogP contribution is 2.36. The first-order valence-electron chi connectivity index (χ1n) is 6.40. The van der Waals surface area contributed by atoms with Gasteiger partial charge in [-0.1, -0.05) is 12.1 Å². The monoisotopic (exact) mass is 277 g/mol. The van der Waals surface area contributed by atoms with Crippen molar-refractivity contribution in [1.29, 1.82) is 0 Å². The molecular formula is C14H17BFNO3. The summed E-state index contributed by atoms with van der Waals surface area (Å²) in [5.41, 5.74) is -0.472. The second kappa shape index (κ2) is 5.11. The number of carbonyl (C=O) groups excluding carboxylic acids is 1. The molecule has 1 aliphatic rings. The summed E-state index contributed by atoms with van der Waals surface area (Å²) in [5, 5.41) is 0. The minimum atomic E-state index is -0.643. The standard InChI is InChI=1S/C14H17BFNO3/c1-13(2)14(3,4)20-15(19-13)6-5-10-7-11(16)12(9-18)17-8-10/h5-9H,1-4H3/b6-5+. The molecule has 4 nitrogen and oxygen atoms in total. The van der Waals surface area contributed by atoms with Gasteiger partial charge < -0.3 is 9.31 Å². The molecule has 0 amide bonds. The molecule has 0 saturated carbocycles. The Balaban J connectivity index is 2.12. The number of hydrogen-bond donors (Lipinski definition) is 0. The van der Waals surface area contributed by atoms with Crippen LogP contribution in [0, 0.1) is 5.82 Å². The SMILES string of the molecule is CC1(C)OB(/C=C/c2cnc(C=O)c(F)c2)OC1(C)C. The van der Waals surface area contributed by atoms with Crippen LogP contribution in [-0.4, -0.2) is 29.6 Å². The first kappa shape index (κ1) is 14.9. The lowest BCUT2D eigenvalue weighted by Gasteiger charge is -2.32. The molecule has 106 valence electrons. The molecule has 2 heterocycles. The summed E-state index contributed by atoms with van der Waals surface area (Å²) >= 11 is 0. The number of carbonyl (C=O) groups is 1. The van der Waals surface area contributed by atoms with Gasteiger partial charge in [-0.2, -0.15) is 0 Å². The Hall–Kier alpha value is -1.53. The number of aldehydes is 1. The van der Waals surface area contributed by atoms with E-state index >= 15 is 0 Å². The maximum Gasteiger partial charge on any atom is 0.487 e. The van der Waals surface area contributed by atoms with E-state index in [9.17, 15) is 9.18 Å². The van der Waals surface area contributed by atoms with E-state index in [1.807, 2.05) is 27.7 Å². The molecule has 0 spiro atoms. The second-order valence-corrected chi connectivity index (χ2v) is 5.74. The number of aromatic nitrogens is 1. The normalized spacial score (nSPS) is 20.6. The number of hydrogen-bond acceptors (Lipinski definition) is 4. The molecule has 1 aromatic heterocycles. The van der Waals surface area contributed by atoms with E-state index in [0.29, 0.717) is 11.8 Å². The smallest absolute Gasteiger partial charge is 0.400 e. The number of rotatable bonds is 3. The molecule has 1 aromatic rings. The molecule has 0 unspecified atom stereocenters. The van der Waals surface area contributed by atoms with Crippen LogP contribution in [0.5, 0.6) is 0 Å². The fourth-order valence-electron chi connectivity index (χ4n) is 1.80. The zero-order chi connectivity index (χ0) is 15.0. The lowest BCUT2D eigenvalue weighted by molar-refractivity contribution is 0.00578. The molecule has 0 bridgehead atoms. The van der Waals surface area contributed by atoms with E-state index < -0.39 is 24.1 Å². The third-order valence-corrected chi connectivity index (χ3v) is 3.72. The minimum Gasteiger partial charge on any atom is -0.400 e. The van der Waals surface area contributed by atoms with E-state index in [-0.39, 0.29) is 5.69 Å². The zero-order valence-electron chi connectivity index (χ0n) is 12.0. The van der Waals surface area contributed by atoms with Crippen LogP contribution in [-0.2, 0) is 9.31 Å². The molecule has 6 heteroatoms. The Morgan fingerprint density at radius 3 is 2.35 bits per heavy atom. The molecule has 0 radical (unpaired) electrons. The second-order valence-electron chi connectivity index (χ2n) is 5.74. The van der Waals surface area contributed by atoms with Crippen molar-refractivity contribution in [1.82, 2.24) is 4.98 Å². The maximum absolute atomic E-state index is 13.4. The number of nitrogens with zero attached hydrogens (tertiary/aromatic N) is 1. The lowest BCUT2D eigenvalue weighted by atomic mass is 9.89. The quantitative estimate of drug-likeness (QED) is 0.629. The Kier molecular flexibility index (Phi) is 3.80. The van der Waals surface area contributed by atoms with E-state index in [0.717, 1.165) is 0 Å². The highest BCUT2D eigenvalue weighted by molar-refractivity contribution is 6.52. The van der Waals surface area contributed by atoms with Crippen LogP contribution >= 0.6 is 0 Å². The summed E-state index contributed by atoms with van der Waals surface area (Å²) in [7, 11) is -0.492. The van der Waals surface area contributed by atoms with Crippen molar-refractivity contribution in [2.45, 2.75) is 38.9 Å². The van der Waals surface area contributed by atoms with Gasteiger partial charge in [-0.15, -0.1) is 0 Å². The van der Waals surface area contributed by atoms with Crippen LogP contribution in [0.4, 0.5) is 4.39 Å². The molecule has 1 aliphatic heterocycles. The van der Waals surface area contributed by atoms with Gasteiger partial charge in [0.2, 0.25) is 0 Å². The molecular weight excluding hydrogens is 260 g/mol. The Morgan fingerprint density at radius 2 is 1.85 bits per heavy atom. The summed E-state index contributed by atoms with van der Waals surface area (Å²) in [5.74, 6) is 1.06. The number of pyridine rings is 1. The van der Waals surface area contributed by atoms with E-state index in [4.69, 9.17) is 9.31 Å². The third kappa shape index (κ3) is 2.81. The van der Waals surface area contributed by atoms with Crippen molar-refractivity contribution >= 4 is 19.5 Å². The fraction of sp³-hybridized carbons (Fsp3) is 0.429. The van der Waals surface area contributed by atoms with Gasteiger partial charge in [0.25, 0.3) is 0 Å². The van der Waals surface area contributed by atoms with E-state index in [1.165, 1.54) is 12.3 Å². The van der Waals surface area contributed by atoms with Gasteiger partial charge in [0, 0.05) is 6.20 Å². The van der Waals surface area contributed by atoms with Gasteiger partial charge in [-0.3, -0.25) is 4.79 Å². The predicted molar refractivity (Wildman–Crippen MR) is 74.7 cm³/mol. The molecule has 20 heavy (non-hydrogen) atoms. The fourth-order valence-corrected chi connectivity index (χ4v) is 1.80. The van der Waals surface area contributed by atoms with Gasteiger partial charge in [-0.05, 0) is 39.3 Å². The van der Waals surface area contributed by atoms with Crippen LogP contribution in [0.1, 0.15) is 43.7 Å². The van der Waals surface area contributed by atoms with Crippen molar-refractivity contribution in [2.75, 3.05) is 0 Å². The molecule has 1 fully saturated rings. The summed E-state index contributed by atoms with van der Waals surface area (Å²) in [6.45, 7) is 7.84. The molecule has 0 atom stereocenters. The van der Waals surface area contributed by atoms with Gasteiger partial charge >= 0.3 is 7.12 Å². The van der Waals surface area contributed by atoms with Gasteiger partial charge in [0.05, 0.1) is 11.2 Å². The van der Waals surface area contributed by atoms with Crippen molar-refractivity contribution in [3.8, 4) is 0 Å². The largest absolute Gasteiger partial charge is 0.487 e. The predicted octanol–water partition coefficient (Wildman–Crippen LogP) is 2.68. The van der Waals surface area contributed by atoms with Crippen molar-refractivity contribution in [2.24, 2.45) is 0 Å². The topological polar surface area (TPSA) is 48.4 Å². The number of halogens is 1. The lowest BCUT2D eigenvalue weighted by Crippen LogP contribution is -2.41.